The normalized spacial score (nSPS) is 51.7. The minimum Gasteiger partial charge on any atom is -0.370 e. The summed E-state index contributed by atoms with van der Waals surface area (Å²) in [4.78, 5) is 0. The molecule has 0 aromatic heterocycles. The zero-order valence-corrected chi connectivity index (χ0v) is 6.47. The molecule has 1 aliphatic heterocycles. The highest BCUT2D eigenvalue weighted by molar-refractivity contribution is 5.03. The Bertz CT molecular complexity index is 164. The lowest BCUT2D eigenvalue weighted by Crippen LogP contribution is -2.21. The molecule has 1 saturated heterocycles. The molecule has 2 fully saturated rings. The summed E-state index contributed by atoms with van der Waals surface area (Å²) >= 11 is 0. The first kappa shape index (κ1) is 6.41. The summed E-state index contributed by atoms with van der Waals surface area (Å²) in [5.74, 6) is 0. The zero-order chi connectivity index (χ0) is 7.19. The molecule has 1 nitrogen and oxygen atoms in total. The molecule has 0 radical (unpaired) electrons. The van der Waals surface area contributed by atoms with Crippen LogP contribution in [-0.4, -0.2) is 12.2 Å². The molecule has 0 aromatic carbocycles. The Morgan fingerprint density at radius 2 is 2.40 bits per heavy atom. The molecule has 0 aromatic rings. The van der Waals surface area contributed by atoms with Gasteiger partial charge in [0, 0.05) is 0 Å². The lowest BCUT2D eigenvalue weighted by Gasteiger charge is -2.27. The molecule has 56 valence electrons. The van der Waals surface area contributed by atoms with Crippen LogP contribution >= 0.6 is 0 Å². The minimum atomic E-state index is 0.373. The Morgan fingerprint density at radius 1 is 1.60 bits per heavy atom. The van der Waals surface area contributed by atoms with Crippen LogP contribution in [0.3, 0.4) is 0 Å². The zero-order valence-electron chi connectivity index (χ0n) is 6.47. The van der Waals surface area contributed by atoms with E-state index in [1.165, 1.54) is 19.3 Å². The van der Waals surface area contributed by atoms with E-state index in [1.807, 2.05) is 0 Å². The molecule has 10 heavy (non-hydrogen) atoms. The van der Waals surface area contributed by atoms with Crippen molar-refractivity contribution in [3.8, 4) is 0 Å². The number of epoxide rings is 1. The molecule has 0 bridgehead atoms. The van der Waals surface area contributed by atoms with Gasteiger partial charge in [0.05, 0.1) is 12.2 Å². The monoisotopic (exact) mass is 138 g/mol. The van der Waals surface area contributed by atoms with Crippen molar-refractivity contribution in [2.75, 3.05) is 0 Å². The first-order valence-corrected chi connectivity index (χ1v) is 4.03. The Hall–Kier alpha value is -0.300. The van der Waals surface area contributed by atoms with Gasteiger partial charge >= 0.3 is 0 Å². The SMILES string of the molecule is C=CC1(C)CCC2OC2C1. The maximum absolute atomic E-state index is 5.43. The van der Waals surface area contributed by atoms with Crippen molar-refractivity contribution in [2.45, 2.75) is 38.4 Å². The van der Waals surface area contributed by atoms with Gasteiger partial charge in [0.2, 0.25) is 0 Å². The van der Waals surface area contributed by atoms with Crippen molar-refractivity contribution >= 4 is 0 Å². The van der Waals surface area contributed by atoms with E-state index in [4.69, 9.17) is 4.74 Å². The van der Waals surface area contributed by atoms with E-state index in [2.05, 4.69) is 19.6 Å². The smallest absolute Gasteiger partial charge is 0.0850 e. The van der Waals surface area contributed by atoms with Crippen LogP contribution in [0.1, 0.15) is 26.2 Å². The predicted octanol–water partition coefficient (Wildman–Crippen LogP) is 2.13. The van der Waals surface area contributed by atoms with Crippen LogP contribution in [0, 0.1) is 5.41 Å². The lowest BCUT2D eigenvalue weighted by molar-refractivity contribution is 0.308. The first-order valence-electron chi connectivity index (χ1n) is 4.03. The van der Waals surface area contributed by atoms with E-state index in [1.54, 1.807) is 0 Å². The molecule has 0 spiro atoms. The maximum atomic E-state index is 5.43. The Balaban J connectivity index is 2.05. The number of hydrogen-bond donors (Lipinski definition) is 0. The van der Waals surface area contributed by atoms with Gasteiger partial charge < -0.3 is 4.74 Å². The number of fused-ring (bicyclic) bond motifs is 1. The van der Waals surface area contributed by atoms with Crippen molar-refractivity contribution < 1.29 is 4.74 Å². The fraction of sp³-hybridized carbons (Fsp3) is 0.778. The Kier molecular flexibility index (Phi) is 1.19. The van der Waals surface area contributed by atoms with E-state index < -0.39 is 0 Å². The fourth-order valence-corrected chi connectivity index (χ4v) is 1.83. The van der Waals surface area contributed by atoms with Gasteiger partial charge in [-0.15, -0.1) is 6.58 Å². The summed E-state index contributed by atoms with van der Waals surface area (Å²) in [5.41, 5.74) is 0.373. The van der Waals surface area contributed by atoms with Crippen LogP contribution in [0.5, 0.6) is 0 Å². The van der Waals surface area contributed by atoms with Gasteiger partial charge in [-0.2, -0.15) is 0 Å². The van der Waals surface area contributed by atoms with Gasteiger partial charge in [-0.3, -0.25) is 0 Å². The summed E-state index contributed by atoms with van der Waals surface area (Å²) < 4.78 is 5.43. The topological polar surface area (TPSA) is 12.5 Å². The molecule has 2 aliphatic rings. The van der Waals surface area contributed by atoms with E-state index in [0.29, 0.717) is 17.6 Å². The van der Waals surface area contributed by atoms with Gasteiger partial charge in [-0.1, -0.05) is 13.0 Å². The molecular formula is C9H14O. The second-order valence-electron chi connectivity index (χ2n) is 3.81. The minimum absolute atomic E-state index is 0.373. The summed E-state index contributed by atoms with van der Waals surface area (Å²) in [6.07, 6.45) is 6.99. The highest BCUT2D eigenvalue weighted by atomic mass is 16.6. The van der Waals surface area contributed by atoms with Crippen LogP contribution in [0.15, 0.2) is 12.7 Å². The largest absolute Gasteiger partial charge is 0.370 e. The first-order chi connectivity index (χ1) is 4.73. The molecule has 0 amide bonds. The average Bonchev–Trinajstić information content (AvgIpc) is 2.66. The number of rotatable bonds is 1. The standard InChI is InChI=1S/C9H14O/c1-3-9(2)5-4-7-8(6-9)10-7/h3,7-8H,1,4-6H2,2H3. The van der Waals surface area contributed by atoms with Gasteiger partial charge in [-0.25, -0.2) is 0 Å². The third kappa shape index (κ3) is 0.891. The molecule has 1 aliphatic carbocycles. The lowest BCUT2D eigenvalue weighted by atomic mass is 9.76. The molecule has 3 atom stereocenters. The van der Waals surface area contributed by atoms with Gasteiger partial charge in [-0.05, 0) is 24.7 Å². The number of allylic oxidation sites excluding steroid dienone is 1. The van der Waals surface area contributed by atoms with Crippen LogP contribution < -0.4 is 0 Å². The second-order valence-corrected chi connectivity index (χ2v) is 3.81. The summed E-state index contributed by atoms with van der Waals surface area (Å²) in [6.45, 7) is 6.13. The van der Waals surface area contributed by atoms with Crippen molar-refractivity contribution in [3.05, 3.63) is 12.7 Å². The fourth-order valence-electron chi connectivity index (χ4n) is 1.83. The van der Waals surface area contributed by atoms with Gasteiger partial charge in [0.15, 0.2) is 0 Å². The Morgan fingerprint density at radius 3 is 3.00 bits per heavy atom. The average molecular weight is 138 g/mol. The highest BCUT2D eigenvalue weighted by Gasteiger charge is 2.47. The molecule has 2 rings (SSSR count). The molecule has 1 heterocycles. The van der Waals surface area contributed by atoms with E-state index >= 15 is 0 Å². The molecule has 0 N–H and O–H groups in total. The molecule has 1 heteroatoms. The highest BCUT2D eigenvalue weighted by Crippen LogP contribution is 2.46. The van der Waals surface area contributed by atoms with Crippen LogP contribution in [0.25, 0.3) is 0 Å². The number of ether oxygens (including phenoxy) is 1. The van der Waals surface area contributed by atoms with E-state index in [9.17, 15) is 0 Å². The van der Waals surface area contributed by atoms with Crippen LogP contribution in [-0.2, 0) is 4.74 Å². The summed E-state index contributed by atoms with van der Waals surface area (Å²) in [6, 6.07) is 0. The third-order valence-corrected chi connectivity index (χ3v) is 2.85. The van der Waals surface area contributed by atoms with Crippen molar-refractivity contribution in [3.63, 3.8) is 0 Å². The quantitative estimate of drug-likeness (QED) is 0.399. The molecule has 3 unspecified atom stereocenters. The summed E-state index contributed by atoms with van der Waals surface area (Å²) in [7, 11) is 0. The molecule has 1 saturated carbocycles. The summed E-state index contributed by atoms with van der Waals surface area (Å²) in [5, 5.41) is 0. The van der Waals surface area contributed by atoms with Gasteiger partial charge in [0.1, 0.15) is 0 Å². The predicted molar refractivity (Wildman–Crippen MR) is 40.8 cm³/mol. The van der Waals surface area contributed by atoms with Crippen LogP contribution in [0.2, 0.25) is 0 Å². The second kappa shape index (κ2) is 1.85. The maximum Gasteiger partial charge on any atom is 0.0850 e. The van der Waals surface area contributed by atoms with Crippen LogP contribution in [0.4, 0.5) is 0 Å². The van der Waals surface area contributed by atoms with Crippen molar-refractivity contribution in [1.29, 1.82) is 0 Å². The number of hydrogen-bond acceptors (Lipinski definition) is 1. The molecular weight excluding hydrogens is 124 g/mol. The van der Waals surface area contributed by atoms with E-state index in [0.717, 1.165) is 0 Å². The van der Waals surface area contributed by atoms with Crippen molar-refractivity contribution in [2.24, 2.45) is 5.41 Å². The third-order valence-electron chi connectivity index (χ3n) is 2.85. The van der Waals surface area contributed by atoms with Crippen molar-refractivity contribution in [1.82, 2.24) is 0 Å². The van der Waals surface area contributed by atoms with Gasteiger partial charge in [0.25, 0.3) is 0 Å². The van der Waals surface area contributed by atoms with E-state index in [-0.39, 0.29) is 0 Å². The Labute approximate surface area is 62.1 Å².